The highest BCUT2D eigenvalue weighted by Crippen LogP contribution is 2.32. The molecule has 3 aromatic carbocycles. The van der Waals surface area contributed by atoms with Crippen LogP contribution in [0.1, 0.15) is 23.4 Å². The van der Waals surface area contributed by atoms with Crippen LogP contribution in [0, 0.1) is 0 Å². The fourth-order valence-corrected chi connectivity index (χ4v) is 5.64. The van der Waals surface area contributed by atoms with Gasteiger partial charge in [-0.2, -0.15) is 0 Å². The van der Waals surface area contributed by atoms with Crippen molar-refractivity contribution < 1.29 is 33.6 Å². The summed E-state index contributed by atoms with van der Waals surface area (Å²) in [5.41, 5.74) is 5.24. The Labute approximate surface area is 266 Å². The molecule has 1 aliphatic heterocycles. The van der Waals surface area contributed by atoms with Crippen LogP contribution in [0.5, 0.6) is 5.75 Å². The molecule has 2 aromatic heterocycles. The Morgan fingerprint density at radius 2 is 1.30 bits per heavy atom. The van der Waals surface area contributed by atoms with Gasteiger partial charge in [-0.3, -0.25) is 18.7 Å². The summed E-state index contributed by atoms with van der Waals surface area (Å²) >= 11 is 0. The number of rotatable bonds is 12. The van der Waals surface area contributed by atoms with E-state index in [2.05, 4.69) is 4.90 Å². The lowest BCUT2D eigenvalue weighted by molar-refractivity contribution is 0.0247. The molecular weight excluding hydrogens is 590 g/mol. The maximum atomic E-state index is 12.9. The van der Waals surface area contributed by atoms with Crippen molar-refractivity contribution in [3.63, 3.8) is 0 Å². The standard InChI is InChI=1S/C34H37N5O7/c1-23(41)38-31-9-5-26(34-36-30-22-27(37-11-14-43-15-12-37)6-10-32(30)39(34)24(2)42)21-29(31)35-33(38)25-3-7-28(8-4-25)46-20-19-45-18-17-44-16-13-40/h3-10,21-22,40H,11-20H2,1-2H3. The first-order chi connectivity index (χ1) is 22.4. The molecular formula is C34H37N5O7. The summed E-state index contributed by atoms with van der Waals surface area (Å²) in [5, 5.41) is 8.72. The van der Waals surface area contributed by atoms with E-state index in [0.717, 1.165) is 40.9 Å². The Morgan fingerprint density at radius 3 is 1.96 bits per heavy atom. The number of hydrogen-bond acceptors (Lipinski definition) is 10. The number of ether oxygens (including phenoxy) is 4. The van der Waals surface area contributed by atoms with E-state index in [4.69, 9.17) is 34.0 Å². The molecule has 0 radical (unpaired) electrons. The van der Waals surface area contributed by atoms with E-state index < -0.39 is 0 Å². The van der Waals surface area contributed by atoms with Crippen molar-refractivity contribution in [1.29, 1.82) is 0 Å². The number of fused-ring (bicyclic) bond motifs is 2. The summed E-state index contributed by atoms with van der Waals surface area (Å²) in [6.45, 7) is 7.89. The van der Waals surface area contributed by atoms with Gasteiger partial charge in [-0.05, 0) is 60.7 Å². The summed E-state index contributed by atoms with van der Waals surface area (Å²) in [7, 11) is 0. The topological polar surface area (TPSA) is 130 Å². The third kappa shape index (κ3) is 6.65. The molecule has 0 spiro atoms. The van der Waals surface area contributed by atoms with Gasteiger partial charge in [-0.1, -0.05) is 0 Å². The van der Waals surface area contributed by atoms with Crippen molar-refractivity contribution in [3.8, 4) is 28.5 Å². The van der Waals surface area contributed by atoms with Gasteiger partial charge in [0.1, 0.15) is 24.0 Å². The number of aromatic nitrogens is 4. The molecule has 1 N–H and O–H groups in total. The van der Waals surface area contributed by atoms with Crippen molar-refractivity contribution in [3.05, 3.63) is 60.7 Å². The number of benzene rings is 3. The molecule has 240 valence electrons. The minimum atomic E-state index is -0.169. The van der Waals surface area contributed by atoms with Crippen molar-refractivity contribution >= 4 is 39.6 Å². The Balaban J connectivity index is 1.25. The second-order valence-corrected chi connectivity index (χ2v) is 10.9. The molecule has 3 heterocycles. The Bertz CT molecular complexity index is 1840. The number of aliphatic hydroxyl groups is 1. The summed E-state index contributed by atoms with van der Waals surface area (Å²) in [5.74, 6) is 1.37. The number of aliphatic hydroxyl groups excluding tert-OH is 1. The smallest absolute Gasteiger partial charge is 0.229 e. The molecule has 1 fully saturated rings. The van der Waals surface area contributed by atoms with E-state index in [1.165, 1.54) is 13.8 Å². The Morgan fingerprint density at radius 1 is 0.739 bits per heavy atom. The van der Waals surface area contributed by atoms with Crippen LogP contribution < -0.4 is 9.64 Å². The lowest BCUT2D eigenvalue weighted by Crippen LogP contribution is -2.36. The first kappa shape index (κ1) is 31.4. The summed E-state index contributed by atoms with van der Waals surface area (Å²) in [6, 6.07) is 18.9. The van der Waals surface area contributed by atoms with Crippen LogP contribution >= 0.6 is 0 Å². The van der Waals surface area contributed by atoms with E-state index in [1.807, 2.05) is 60.7 Å². The Hall–Kier alpha value is -4.62. The first-order valence-corrected chi connectivity index (χ1v) is 15.3. The number of carbonyl (C=O) groups excluding carboxylic acids is 2. The van der Waals surface area contributed by atoms with Gasteiger partial charge < -0.3 is 29.0 Å². The molecule has 5 aromatic rings. The van der Waals surface area contributed by atoms with Crippen molar-refractivity contribution in [2.45, 2.75) is 13.8 Å². The fourth-order valence-electron chi connectivity index (χ4n) is 5.64. The zero-order chi connectivity index (χ0) is 32.0. The second kappa shape index (κ2) is 14.2. The van der Waals surface area contributed by atoms with Crippen LogP contribution in [0.4, 0.5) is 5.69 Å². The monoisotopic (exact) mass is 627 g/mol. The van der Waals surface area contributed by atoms with Gasteiger partial charge in [-0.15, -0.1) is 0 Å². The zero-order valence-corrected chi connectivity index (χ0v) is 26.0. The molecule has 12 nitrogen and oxygen atoms in total. The predicted octanol–water partition coefficient (Wildman–Crippen LogP) is 4.28. The van der Waals surface area contributed by atoms with Crippen LogP contribution in [0.25, 0.3) is 44.8 Å². The molecule has 0 unspecified atom stereocenters. The maximum Gasteiger partial charge on any atom is 0.229 e. The minimum absolute atomic E-state index is 0.00923. The molecule has 0 saturated carbocycles. The number of nitrogens with zero attached hydrogens (tertiary/aromatic N) is 5. The quantitative estimate of drug-likeness (QED) is 0.200. The number of carbonyl (C=O) groups is 2. The number of imidazole rings is 2. The molecule has 12 heteroatoms. The molecule has 0 bridgehead atoms. The van der Waals surface area contributed by atoms with Gasteiger partial charge >= 0.3 is 0 Å². The molecule has 0 amide bonds. The third-order valence-corrected chi connectivity index (χ3v) is 7.77. The normalized spacial score (nSPS) is 13.5. The highest BCUT2D eigenvalue weighted by atomic mass is 16.5. The van der Waals surface area contributed by atoms with Gasteiger partial charge in [0.15, 0.2) is 0 Å². The molecule has 1 aliphatic rings. The second-order valence-electron chi connectivity index (χ2n) is 10.9. The summed E-state index contributed by atoms with van der Waals surface area (Å²) < 4.78 is 25.1. The van der Waals surface area contributed by atoms with E-state index in [-0.39, 0.29) is 18.4 Å². The highest BCUT2D eigenvalue weighted by Gasteiger charge is 2.21. The molecule has 46 heavy (non-hydrogen) atoms. The predicted molar refractivity (Wildman–Crippen MR) is 174 cm³/mol. The van der Waals surface area contributed by atoms with Crippen LogP contribution in [0.15, 0.2) is 60.7 Å². The molecule has 6 rings (SSSR count). The summed E-state index contributed by atoms with van der Waals surface area (Å²) in [6.07, 6.45) is 0. The van der Waals surface area contributed by atoms with Crippen LogP contribution in [-0.2, 0) is 14.2 Å². The lowest BCUT2D eigenvalue weighted by Gasteiger charge is -2.28. The summed E-state index contributed by atoms with van der Waals surface area (Å²) in [4.78, 5) is 37.7. The van der Waals surface area contributed by atoms with E-state index in [9.17, 15) is 9.59 Å². The number of hydrogen-bond donors (Lipinski definition) is 1. The molecule has 1 saturated heterocycles. The van der Waals surface area contributed by atoms with Gasteiger partial charge in [0.05, 0.1) is 68.3 Å². The Kier molecular flexibility index (Phi) is 9.69. The zero-order valence-electron chi connectivity index (χ0n) is 26.0. The van der Waals surface area contributed by atoms with E-state index >= 15 is 0 Å². The van der Waals surface area contributed by atoms with Crippen LogP contribution in [0.3, 0.4) is 0 Å². The number of anilines is 1. The average Bonchev–Trinajstić information content (AvgIpc) is 3.65. The van der Waals surface area contributed by atoms with Crippen molar-refractivity contribution in [2.75, 3.05) is 70.8 Å². The van der Waals surface area contributed by atoms with E-state index in [1.54, 1.807) is 9.13 Å². The SMILES string of the molecule is CC(=O)n1c(-c2ccc(OCCOCCOCCO)cc2)nc2cc(-c3nc4cc(N5CCOCC5)ccc4n3C(C)=O)ccc21. The van der Waals surface area contributed by atoms with Gasteiger partial charge in [0, 0.05) is 43.8 Å². The van der Waals surface area contributed by atoms with Crippen LogP contribution in [0.2, 0.25) is 0 Å². The minimum Gasteiger partial charge on any atom is -0.491 e. The number of morpholine rings is 1. The van der Waals surface area contributed by atoms with Gasteiger partial charge in [-0.25, -0.2) is 9.97 Å². The first-order valence-electron chi connectivity index (χ1n) is 15.3. The van der Waals surface area contributed by atoms with Crippen molar-refractivity contribution in [2.24, 2.45) is 0 Å². The van der Waals surface area contributed by atoms with Gasteiger partial charge in [0.25, 0.3) is 0 Å². The average molecular weight is 628 g/mol. The molecule has 0 aliphatic carbocycles. The third-order valence-electron chi connectivity index (χ3n) is 7.77. The van der Waals surface area contributed by atoms with Crippen molar-refractivity contribution in [1.82, 2.24) is 19.1 Å². The highest BCUT2D eigenvalue weighted by molar-refractivity contribution is 5.98. The maximum absolute atomic E-state index is 12.9. The fraction of sp³-hybridized carbons (Fsp3) is 0.353. The van der Waals surface area contributed by atoms with Gasteiger partial charge in [0.2, 0.25) is 11.8 Å². The van der Waals surface area contributed by atoms with E-state index in [0.29, 0.717) is 74.7 Å². The van der Waals surface area contributed by atoms with Crippen LogP contribution in [-0.4, -0.2) is 102 Å². The molecule has 0 atom stereocenters. The largest absolute Gasteiger partial charge is 0.491 e. The lowest BCUT2D eigenvalue weighted by atomic mass is 10.2.